The fraction of sp³-hybridized carbons (Fsp3) is 0.207. The van der Waals surface area contributed by atoms with E-state index in [-0.39, 0.29) is 18.2 Å². The van der Waals surface area contributed by atoms with Crippen molar-refractivity contribution in [1.82, 2.24) is 10.3 Å². The molecule has 1 unspecified atom stereocenters. The van der Waals surface area contributed by atoms with E-state index >= 15 is 0 Å². The molecule has 0 bridgehead atoms. The van der Waals surface area contributed by atoms with Gasteiger partial charge in [0.2, 0.25) is 5.91 Å². The molecular formula is C29H29N3O3. The number of anilines is 1. The Hall–Kier alpha value is -4.19. The number of furan rings is 1. The summed E-state index contributed by atoms with van der Waals surface area (Å²) in [5.41, 5.74) is 6.12. The van der Waals surface area contributed by atoms with E-state index in [1.165, 1.54) is 10.9 Å². The molecule has 6 heteroatoms. The Morgan fingerprint density at radius 3 is 2.63 bits per heavy atom. The van der Waals surface area contributed by atoms with Gasteiger partial charge in [0.25, 0.3) is 0 Å². The third-order valence-corrected chi connectivity index (χ3v) is 6.53. The first-order valence-electron chi connectivity index (χ1n) is 11.7. The summed E-state index contributed by atoms with van der Waals surface area (Å²) in [7, 11) is 5.68. The Morgan fingerprint density at radius 2 is 1.86 bits per heavy atom. The maximum Gasteiger partial charge on any atom is 0.224 e. The second kappa shape index (κ2) is 9.58. The first-order valence-corrected chi connectivity index (χ1v) is 11.7. The molecule has 0 saturated heterocycles. The maximum atomic E-state index is 13.0. The summed E-state index contributed by atoms with van der Waals surface area (Å²) >= 11 is 0. The van der Waals surface area contributed by atoms with Gasteiger partial charge >= 0.3 is 0 Å². The molecule has 5 rings (SSSR count). The van der Waals surface area contributed by atoms with Gasteiger partial charge in [0.15, 0.2) is 0 Å². The van der Waals surface area contributed by atoms with Gasteiger partial charge in [-0.3, -0.25) is 4.79 Å². The van der Waals surface area contributed by atoms with Crippen LogP contribution in [0.2, 0.25) is 0 Å². The predicted octanol–water partition coefficient (Wildman–Crippen LogP) is 5.48. The average molecular weight is 468 g/mol. The summed E-state index contributed by atoms with van der Waals surface area (Å²) in [4.78, 5) is 18.5. The summed E-state index contributed by atoms with van der Waals surface area (Å²) in [5.74, 6) is 0.694. The minimum Gasteiger partial charge on any atom is -0.497 e. The van der Waals surface area contributed by atoms with Crippen molar-refractivity contribution < 1.29 is 13.9 Å². The number of methoxy groups -OCH3 is 1. The second-order valence-electron chi connectivity index (χ2n) is 8.93. The fourth-order valence-corrected chi connectivity index (χ4v) is 4.57. The lowest BCUT2D eigenvalue weighted by atomic mass is 9.90. The van der Waals surface area contributed by atoms with Crippen LogP contribution in [0.3, 0.4) is 0 Å². The molecule has 0 spiro atoms. The van der Waals surface area contributed by atoms with Gasteiger partial charge in [-0.15, -0.1) is 0 Å². The number of aromatic nitrogens is 1. The largest absolute Gasteiger partial charge is 0.497 e. The molecule has 0 aliphatic carbocycles. The minimum absolute atomic E-state index is 0.0108. The highest BCUT2D eigenvalue weighted by Crippen LogP contribution is 2.32. The van der Waals surface area contributed by atoms with Crippen molar-refractivity contribution in [3.05, 3.63) is 95.9 Å². The topological polar surface area (TPSA) is 70.5 Å². The smallest absolute Gasteiger partial charge is 0.224 e. The lowest BCUT2D eigenvalue weighted by molar-refractivity contribution is -0.120. The van der Waals surface area contributed by atoms with E-state index in [1.807, 2.05) is 44.4 Å². The van der Waals surface area contributed by atoms with Crippen LogP contribution in [-0.2, 0) is 11.2 Å². The SMILES string of the molecule is COc1ccc2c(CC(=O)NCC(c3ccc(N(C)C)cc3)c3c[nH]c4ccccc34)coc2c1. The van der Waals surface area contributed by atoms with E-state index in [4.69, 9.17) is 9.15 Å². The van der Waals surface area contributed by atoms with E-state index in [1.54, 1.807) is 13.4 Å². The molecule has 0 aliphatic heterocycles. The van der Waals surface area contributed by atoms with Crippen LogP contribution in [-0.4, -0.2) is 38.6 Å². The number of fused-ring (bicyclic) bond motifs is 2. The molecule has 2 N–H and O–H groups in total. The Morgan fingerprint density at radius 1 is 1.06 bits per heavy atom. The van der Waals surface area contributed by atoms with Gasteiger partial charge in [0.1, 0.15) is 11.3 Å². The number of ether oxygens (including phenoxy) is 1. The number of benzene rings is 3. The second-order valence-corrected chi connectivity index (χ2v) is 8.93. The first kappa shape index (κ1) is 22.6. The van der Waals surface area contributed by atoms with Crippen LogP contribution in [0.25, 0.3) is 21.9 Å². The quantitative estimate of drug-likeness (QED) is 0.317. The standard InChI is InChI=1S/C29H29N3O3/c1-32(2)21-10-8-19(9-11-21)25(26-17-30-27-7-5-4-6-24(26)27)16-31-29(33)14-20-18-35-28-15-22(34-3)12-13-23(20)28/h4-13,15,17-18,25,30H,14,16H2,1-3H3,(H,31,33). The summed E-state index contributed by atoms with van der Waals surface area (Å²) in [6, 6.07) is 22.4. The van der Waals surface area contributed by atoms with E-state index in [0.717, 1.165) is 33.5 Å². The van der Waals surface area contributed by atoms with Gasteiger partial charge in [-0.05, 0) is 41.5 Å². The van der Waals surface area contributed by atoms with Gasteiger partial charge < -0.3 is 24.4 Å². The normalized spacial score (nSPS) is 12.1. The molecule has 1 amide bonds. The number of hydrogen-bond donors (Lipinski definition) is 2. The Bertz CT molecular complexity index is 1460. The van der Waals surface area contributed by atoms with Crippen molar-refractivity contribution in [2.45, 2.75) is 12.3 Å². The number of nitrogens with one attached hydrogen (secondary N) is 2. The monoisotopic (exact) mass is 467 g/mol. The van der Waals surface area contributed by atoms with E-state index < -0.39 is 0 Å². The molecule has 1 atom stereocenters. The average Bonchev–Trinajstić information content (AvgIpc) is 3.48. The van der Waals surface area contributed by atoms with Crippen molar-refractivity contribution >= 4 is 33.5 Å². The van der Waals surface area contributed by atoms with Crippen LogP contribution < -0.4 is 15.0 Å². The Labute approximate surface area is 204 Å². The summed E-state index contributed by atoms with van der Waals surface area (Å²) < 4.78 is 10.9. The molecule has 2 aromatic heterocycles. The zero-order chi connectivity index (χ0) is 24.4. The highest BCUT2D eigenvalue weighted by atomic mass is 16.5. The lowest BCUT2D eigenvalue weighted by Gasteiger charge is -2.20. The number of nitrogens with zero attached hydrogens (tertiary/aromatic N) is 1. The van der Waals surface area contributed by atoms with Gasteiger partial charge in [-0.2, -0.15) is 0 Å². The number of aromatic amines is 1. The van der Waals surface area contributed by atoms with Crippen molar-refractivity contribution in [1.29, 1.82) is 0 Å². The molecule has 5 aromatic rings. The molecule has 0 aliphatic rings. The van der Waals surface area contributed by atoms with Crippen LogP contribution in [0.5, 0.6) is 5.75 Å². The van der Waals surface area contributed by atoms with Crippen LogP contribution in [0.4, 0.5) is 5.69 Å². The van der Waals surface area contributed by atoms with Gasteiger partial charge in [-0.1, -0.05) is 30.3 Å². The number of para-hydroxylation sites is 1. The molecule has 178 valence electrons. The van der Waals surface area contributed by atoms with Crippen molar-refractivity contribution in [2.24, 2.45) is 0 Å². The maximum absolute atomic E-state index is 13.0. The molecule has 6 nitrogen and oxygen atoms in total. The van der Waals surface area contributed by atoms with Gasteiger partial charge in [0.05, 0.1) is 19.8 Å². The van der Waals surface area contributed by atoms with Crippen LogP contribution in [0, 0.1) is 0 Å². The number of hydrogen-bond acceptors (Lipinski definition) is 4. The number of carbonyl (C=O) groups excluding carboxylic acids is 1. The summed E-state index contributed by atoms with van der Waals surface area (Å²) in [6.07, 6.45) is 3.96. The van der Waals surface area contributed by atoms with E-state index in [0.29, 0.717) is 12.1 Å². The molecule has 2 heterocycles. The number of carbonyl (C=O) groups is 1. The fourth-order valence-electron chi connectivity index (χ4n) is 4.57. The minimum atomic E-state index is -0.0433. The summed E-state index contributed by atoms with van der Waals surface area (Å²) in [5, 5.41) is 5.26. The molecule has 0 radical (unpaired) electrons. The molecule has 3 aromatic carbocycles. The van der Waals surface area contributed by atoms with Crippen molar-refractivity contribution in [3.63, 3.8) is 0 Å². The Kier molecular flexibility index (Phi) is 6.19. The zero-order valence-corrected chi connectivity index (χ0v) is 20.2. The van der Waals surface area contributed by atoms with E-state index in [9.17, 15) is 4.79 Å². The summed E-state index contributed by atoms with van der Waals surface area (Å²) in [6.45, 7) is 0.492. The highest BCUT2D eigenvalue weighted by Gasteiger charge is 2.20. The van der Waals surface area contributed by atoms with Crippen LogP contribution in [0.15, 0.2) is 83.6 Å². The number of H-pyrrole nitrogens is 1. The van der Waals surface area contributed by atoms with Crippen LogP contribution >= 0.6 is 0 Å². The van der Waals surface area contributed by atoms with Crippen LogP contribution in [0.1, 0.15) is 22.6 Å². The number of amides is 1. The van der Waals surface area contributed by atoms with E-state index in [2.05, 4.69) is 57.8 Å². The third kappa shape index (κ3) is 4.60. The first-order chi connectivity index (χ1) is 17.0. The molecule has 35 heavy (non-hydrogen) atoms. The molecule has 0 fully saturated rings. The number of rotatable bonds is 8. The van der Waals surface area contributed by atoms with Crippen molar-refractivity contribution in [2.75, 3.05) is 32.6 Å². The van der Waals surface area contributed by atoms with Crippen molar-refractivity contribution in [3.8, 4) is 5.75 Å². The van der Waals surface area contributed by atoms with Gasteiger partial charge in [-0.25, -0.2) is 0 Å². The predicted molar refractivity (Wildman–Crippen MR) is 140 cm³/mol. The third-order valence-electron chi connectivity index (χ3n) is 6.53. The molecule has 0 saturated carbocycles. The zero-order valence-electron chi connectivity index (χ0n) is 20.2. The highest BCUT2D eigenvalue weighted by molar-refractivity contribution is 5.88. The Balaban J connectivity index is 1.38. The van der Waals surface area contributed by atoms with Gasteiger partial charge in [0, 0.05) is 66.4 Å². The molecular weight excluding hydrogens is 438 g/mol. The lowest BCUT2D eigenvalue weighted by Crippen LogP contribution is -2.30.